The third-order valence-corrected chi connectivity index (χ3v) is 5.99. The molecule has 190 valence electrons. The van der Waals surface area contributed by atoms with Gasteiger partial charge in [-0.15, -0.1) is 0 Å². The van der Waals surface area contributed by atoms with E-state index in [1.54, 1.807) is 27.8 Å². The van der Waals surface area contributed by atoms with E-state index in [0.29, 0.717) is 12.4 Å². The molecule has 0 N–H and O–H groups in total. The van der Waals surface area contributed by atoms with Crippen LogP contribution in [0, 0.1) is 3.57 Å². The summed E-state index contributed by atoms with van der Waals surface area (Å²) in [6.45, 7) is 5.87. The van der Waals surface area contributed by atoms with Gasteiger partial charge in [-0.1, -0.05) is 60.7 Å². The number of esters is 1. The SMILES string of the molecule is CN(C(=O)OC(C)(C)C)[C@@H](Cc1cc(I)ccc1OCc1ccccc1)C(=O)OCc1ccccc1. The summed E-state index contributed by atoms with van der Waals surface area (Å²) in [5.74, 6) is 0.137. The minimum Gasteiger partial charge on any atom is -0.489 e. The quantitative estimate of drug-likeness (QED) is 0.210. The number of carbonyl (C=O) groups excluding carboxylic acids is 2. The Kier molecular flexibility index (Phi) is 9.75. The van der Waals surface area contributed by atoms with Crippen LogP contribution in [0.25, 0.3) is 0 Å². The number of benzene rings is 3. The van der Waals surface area contributed by atoms with Crippen molar-refractivity contribution >= 4 is 34.7 Å². The van der Waals surface area contributed by atoms with Crippen molar-refractivity contribution in [1.82, 2.24) is 4.90 Å². The number of halogens is 1. The first-order valence-electron chi connectivity index (χ1n) is 11.7. The summed E-state index contributed by atoms with van der Waals surface area (Å²) in [6, 6.07) is 24.2. The Morgan fingerprint density at radius 1 is 0.889 bits per heavy atom. The van der Waals surface area contributed by atoms with Crippen LogP contribution >= 0.6 is 22.6 Å². The summed E-state index contributed by atoms with van der Waals surface area (Å²) in [5, 5.41) is 0. The number of likely N-dealkylation sites (N-methyl/N-ethyl adjacent to an activating group) is 1. The van der Waals surface area contributed by atoms with Gasteiger partial charge in [-0.2, -0.15) is 0 Å². The van der Waals surface area contributed by atoms with Gasteiger partial charge < -0.3 is 14.2 Å². The Hall–Kier alpha value is -3.07. The van der Waals surface area contributed by atoms with E-state index in [4.69, 9.17) is 14.2 Å². The number of ether oxygens (including phenoxy) is 3. The average Bonchev–Trinajstić information content (AvgIpc) is 2.85. The van der Waals surface area contributed by atoms with Gasteiger partial charge in [0.2, 0.25) is 0 Å². The molecular formula is C29H32INO5. The second-order valence-electron chi connectivity index (χ2n) is 9.43. The monoisotopic (exact) mass is 601 g/mol. The van der Waals surface area contributed by atoms with Gasteiger partial charge in [0.25, 0.3) is 0 Å². The molecule has 0 fully saturated rings. The number of rotatable bonds is 9. The van der Waals surface area contributed by atoms with Gasteiger partial charge >= 0.3 is 12.1 Å². The van der Waals surface area contributed by atoms with Crippen LogP contribution in [0.15, 0.2) is 78.9 Å². The molecule has 0 saturated heterocycles. The van der Waals surface area contributed by atoms with Crippen molar-refractivity contribution < 1.29 is 23.8 Å². The van der Waals surface area contributed by atoms with E-state index < -0.39 is 23.7 Å². The molecule has 0 unspecified atom stereocenters. The Bertz CT molecular complexity index is 1150. The highest BCUT2D eigenvalue weighted by Gasteiger charge is 2.32. The van der Waals surface area contributed by atoms with Crippen molar-refractivity contribution in [2.24, 2.45) is 0 Å². The van der Waals surface area contributed by atoms with Crippen molar-refractivity contribution in [2.75, 3.05) is 7.05 Å². The first kappa shape index (κ1) is 27.5. The van der Waals surface area contributed by atoms with E-state index >= 15 is 0 Å². The first-order chi connectivity index (χ1) is 17.1. The van der Waals surface area contributed by atoms with Crippen molar-refractivity contribution in [3.05, 3.63) is 99.1 Å². The van der Waals surface area contributed by atoms with E-state index in [-0.39, 0.29) is 13.0 Å². The normalized spacial score (nSPS) is 11.9. The fraction of sp³-hybridized carbons (Fsp3) is 0.310. The molecule has 0 saturated carbocycles. The smallest absolute Gasteiger partial charge is 0.410 e. The third-order valence-electron chi connectivity index (χ3n) is 5.32. The zero-order valence-electron chi connectivity index (χ0n) is 21.1. The second kappa shape index (κ2) is 12.8. The lowest BCUT2D eigenvalue weighted by Crippen LogP contribution is -2.46. The van der Waals surface area contributed by atoms with Crippen LogP contribution in [0.5, 0.6) is 5.75 Å². The molecule has 0 aliphatic rings. The highest BCUT2D eigenvalue weighted by molar-refractivity contribution is 14.1. The van der Waals surface area contributed by atoms with E-state index in [0.717, 1.165) is 20.3 Å². The van der Waals surface area contributed by atoms with Crippen LogP contribution in [0.1, 0.15) is 37.5 Å². The molecule has 7 heteroatoms. The lowest BCUT2D eigenvalue weighted by molar-refractivity contribution is -0.150. The summed E-state index contributed by atoms with van der Waals surface area (Å²) in [4.78, 5) is 27.5. The van der Waals surface area contributed by atoms with Gasteiger partial charge in [-0.3, -0.25) is 4.90 Å². The molecular weight excluding hydrogens is 569 g/mol. The summed E-state index contributed by atoms with van der Waals surface area (Å²) in [5.41, 5.74) is 2.00. The maximum absolute atomic E-state index is 13.3. The molecule has 1 amide bonds. The fourth-order valence-electron chi connectivity index (χ4n) is 3.46. The molecule has 0 aromatic heterocycles. The molecule has 0 heterocycles. The van der Waals surface area contributed by atoms with Crippen molar-refractivity contribution in [1.29, 1.82) is 0 Å². The Labute approximate surface area is 226 Å². The first-order valence-corrected chi connectivity index (χ1v) is 12.8. The highest BCUT2D eigenvalue weighted by Crippen LogP contribution is 2.26. The van der Waals surface area contributed by atoms with Crippen LogP contribution < -0.4 is 4.74 Å². The number of carbonyl (C=O) groups is 2. The van der Waals surface area contributed by atoms with Gasteiger partial charge in [0.1, 0.15) is 30.6 Å². The van der Waals surface area contributed by atoms with Crippen LogP contribution in [-0.2, 0) is 33.9 Å². The molecule has 1 atom stereocenters. The van der Waals surface area contributed by atoms with Gasteiger partial charge in [-0.05, 0) is 78.3 Å². The number of hydrogen-bond acceptors (Lipinski definition) is 5. The largest absolute Gasteiger partial charge is 0.489 e. The van der Waals surface area contributed by atoms with E-state index in [2.05, 4.69) is 22.6 Å². The molecule has 3 rings (SSSR count). The number of nitrogens with zero attached hydrogens (tertiary/aromatic N) is 1. The number of hydrogen-bond donors (Lipinski definition) is 0. The van der Waals surface area contributed by atoms with E-state index in [9.17, 15) is 9.59 Å². The van der Waals surface area contributed by atoms with Gasteiger partial charge in [-0.25, -0.2) is 9.59 Å². The van der Waals surface area contributed by atoms with Crippen LogP contribution in [0.4, 0.5) is 4.79 Å². The third kappa shape index (κ3) is 8.55. The van der Waals surface area contributed by atoms with Crippen LogP contribution in [0.2, 0.25) is 0 Å². The number of amides is 1. The minimum absolute atomic E-state index is 0.113. The molecule has 0 bridgehead atoms. The maximum Gasteiger partial charge on any atom is 0.410 e. The molecule has 36 heavy (non-hydrogen) atoms. The summed E-state index contributed by atoms with van der Waals surface area (Å²) in [7, 11) is 1.56. The molecule has 0 aliphatic carbocycles. The zero-order valence-corrected chi connectivity index (χ0v) is 23.2. The predicted octanol–water partition coefficient (Wildman–Crippen LogP) is 6.39. The maximum atomic E-state index is 13.3. The molecule has 3 aromatic carbocycles. The lowest BCUT2D eigenvalue weighted by atomic mass is 10.0. The van der Waals surface area contributed by atoms with Gasteiger partial charge in [0, 0.05) is 17.0 Å². The summed E-state index contributed by atoms with van der Waals surface area (Å²) >= 11 is 2.22. The molecule has 0 radical (unpaired) electrons. The summed E-state index contributed by atoms with van der Waals surface area (Å²) < 4.78 is 18.3. The molecule has 0 spiro atoms. The topological polar surface area (TPSA) is 65.1 Å². The van der Waals surface area contributed by atoms with Crippen molar-refractivity contribution in [3.63, 3.8) is 0 Å². The zero-order chi connectivity index (χ0) is 26.1. The van der Waals surface area contributed by atoms with Crippen molar-refractivity contribution in [2.45, 2.75) is 52.0 Å². The Balaban J connectivity index is 1.83. The van der Waals surface area contributed by atoms with Crippen LogP contribution in [-0.4, -0.2) is 35.7 Å². The Morgan fingerprint density at radius 2 is 1.47 bits per heavy atom. The fourth-order valence-corrected chi connectivity index (χ4v) is 4.01. The Morgan fingerprint density at radius 3 is 2.06 bits per heavy atom. The second-order valence-corrected chi connectivity index (χ2v) is 10.7. The molecule has 6 nitrogen and oxygen atoms in total. The van der Waals surface area contributed by atoms with Crippen LogP contribution in [0.3, 0.4) is 0 Å². The summed E-state index contributed by atoms with van der Waals surface area (Å²) in [6.07, 6.45) is -0.383. The molecule has 0 aliphatic heterocycles. The van der Waals surface area contributed by atoms with Gasteiger partial charge in [0.05, 0.1) is 0 Å². The minimum atomic E-state index is -0.902. The van der Waals surface area contributed by atoms with E-state index in [1.807, 2.05) is 78.9 Å². The standard InChI is InChI=1S/C29H32INO5/c1-29(2,3)36-28(33)31(4)25(27(32)35-20-22-13-9-6-10-14-22)18-23-17-24(30)15-16-26(23)34-19-21-11-7-5-8-12-21/h5-17,25H,18-20H2,1-4H3/t25-/m0/s1. The lowest BCUT2D eigenvalue weighted by Gasteiger charge is -2.30. The average molecular weight is 601 g/mol. The van der Waals surface area contributed by atoms with E-state index in [1.165, 1.54) is 4.90 Å². The van der Waals surface area contributed by atoms with Crippen molar-refractivity contribution in [3.8, 4) is 5.75 Å². The highest BCUT2D eigenvalue weighted by atomic mass is 127. The molecule has 3 aromatic rings. The van der Waals surface area contributed by atoms with Gasteiger partial charge in [0.15, 0.2) is 0 Å². The predicted molar refractivity (Wildman–Crippen MR) is 148 cm³/mol.